The van der Waals surface area contributed by atoms with Gasteiger partial charge in [-0.2, -0.15) is 0 Å². The summed E-state index contributed by atoms with van der Waals surface area (Å²) in [5.41, 5.74) is 1.17. The number of benzene rings is 1. The van der Waals surface area contributed by atoms with Crippen LogP contribution in [0.25, 0.3) is 10.2 Å². The van der Waals surface area contributed by atoms with Crippen molar-refractivity contribution in [1.82, 2.24) is 14.9 Å². The molecule has 0 saturated carbocycles. The van der Waals surface area contributed by atoms with Crippen molar-refractivity contribution in [3.05, 3.63) is 97.9 Å². The zero-order chi connectivity index (χ0) is 23.4. The predicted molar refractivity (Wildman–Crippen MR) is 129 cm³/mol. The van der Waals surface area contributed by atoms with Gasteiger partial charge in [0.05, 0.1) is 24.3 Å². The van der Waals surface area contributed by atoms with Crippen LogP contribution in [0.4, 0.5) is 0 Å². The maximum Gasteiger partial charge on any atom is 0.257 e. The zero-order valence-electron chi connectivity index (χ0n) is 17.8. The standard InChI is InChI=1S/C24H22ClN3O4S/c1-28-12-19(23(31)27-11-15-5-7-16(25)8-6-15)22(30)18-10-17(33-24(18)28)13-32-14-21(29)20-4-2-3-9-26-20/h2-10,12,21,29H,11,13-14H2,1H3,(H,27,31)/t21-/m1/s1. The van der Waals surface area contributed by atoms with Crippen molar-refractivity contribution in [2.24, 2.45) is 7.05 Å². The molecule has 0 unspecified atom stereocenters. The molecule has 9 heteroatoms. The van der Waals surface area contributed by atoms with Crippen molar-refractivity contribution >= 4 is 39.1 Å². The van der Waals surface area contributed by atoms with E-state index in [1.807, 2.05) is 12.1 Å². The molecule has 3 heterocycles. The van der Waals surface area contributed by atoms with E-state index in [-0.39, 0.29) is 24.2 Å². The minimum Gasteiger partial charge on any atom is -0.384 e. The molecule has 0 bridgehead atoms. The van der Waals surface area contributed by atoms with Crippen molar-refractivity contribution in [3.63, 3.8) is 0 Å². The molecule has 3 aromatic heterocycles. The van der Waals surface area contributed by atoms with Gasteiger partial charge in [-0.25, -0.2) is 0 Å². The van der Waals surface area contributed by atoms with Gasteiger partial charge < -0.3 is 19.7 Å². The summed E-state index contributed by atoms with van der Waals surface area (Å²) in [7, 11) is 1.80. The normalized spacial score (nSPS) is 12.1. The van der Waals surface area contributed by atoms with Crippen molar-refractivity contribution in [3.8, 4) is 0 Å². The monoisotopic (exact) mass is 483 g/mol. The Hall–Kier alpha value is -3.04. The zero-order valence-corrected chi connectivity index (χ0v) is 19.4. The predicted octanol–water partition coefficient (Wildman–Crippen LogP) is 3.83. The summed E-state index contributed by atoms with van der Waals surface area (Å²) in [6.07, 6.45) is 2.33. The van der Waals surface area contributed by atoms with Gasteiger partial charge in [-0.15, -0.1) is 11.3 Å². The van der Waals surface area contributed by atoms with Crippen LogP contribution in [-0.2, 0) is 24.9 Å². The van der Waals surface area contributed by atoms with Crippen LogP contribution in [0.3, 0.4) is 0 Å². The lowest BCUT2D eigenvalue weighted by atomic mass is 10.2. The second kappa shape index (κ2) is 10.3. The number of hydrogen-bond acceptors (Lipinski definition) is 6. The molecule has 1 atom stereocenters. The van der Waals surface area contributed by atoms with Gasteiger partial charge >= 0.3 is 0 Å². The summed E-state index contributed by atoms with van der Waals surface area (Å²) in [5, 5.41) is 14.0. The number of amides is 1. The van der Waals surface area contributed by atoms with Crippen LogP contribution in [0, 0.1) is 0 Å². The van der Waals surface area contributed by atoms with E-state index >= 15 is 0 Å². The van der Waals surface area contributed by atoms with E-state index in [1.165, 1.54) is 11.3 Å². The highest BCUT2D eigenvalue weighted by molar-refractivity contribution is 7.18. The molecule has 1 aromatic carbocycles. The van der Waals surface area contributed by atoms with Gasteiger partial charge in [-0.3, -0.25) is 14.6 Å². The van der Waals surface area contributed by atoms with Crippen LogP contribution >= 0.6 is 22.9 Å². The van der Waals surface area contributed by atoms with Crippen molar-refractivity contribution in [1.29, 1.82) is 0 Å². The average molecular weight is 484 g/mol. The Labute approximate surface area is 199 Å². The third kappa shape index (κ3) is 5.48. The Balaban J connectivity index is 1.44. The summed E-state index contributed by atoms with van der Waals surface area (Å²) in [4.78, 5) is 31.4. The lowest BCUT2D eigenvalue weighted by molar-refractivity contribution is 0.0267. The highest BCUT2D eigenvalue weighted by atomic mass is 35.5. The molecule has 0 saturated heterocycles. The smallest absolute Gasteiger partial charge is 0.257 e. The molecule has 4 rings (SSSR count). The summed E-state index contributed by atoms with van der Waals surface area (Å²) in [5.74, 6) is -0.435. The minimum absolute atomic E-state index is 0.0785. The Kier molecular flexibility index (Phi) is 7.20. The number of pyridine rings is 2. The van der Waals surface area contributed by atoms with Crippen molar-refractivity contribution in [2.45, 2.75) is 19.3 Å². The van der Waals surface area contributed by atoms with E-state index in [9.17, 15) is 14.7 Å². The first-order valence-corrected chi connectivity index (χ1v) is 11.4. The summed E-state index contributed by atoms with van der Waals surface area (Å²) >= 11 is 7.30. The lowest BCUT2D eigenvalue weighted by Crippen LogP contribution is -2.29. The number of fused-ring (bicyclic) bond motifs is 1. The van der Waals surface area contributed by atoms with E-state index in [2.05, 4.69) is 10.3 Å². The molecule has 0 fully saturated rings. The molecule has 0 spiro atoms. The number of carbonyl (C=O) groups excluding carboxylic acids is 1. The van der Waals surface area contributed by atoms with E-state index in [0.29, 0.717) is 22.6 Å². The van der Waals surface area contributed by atoms with E-state index < -0.39 is 12.0 Å². The van der Waals surface area contributed by atoms with Gasteiger partial charge in [0.2, 0.25) is 5.43 Å². The van der Waals surface area contributed by atoms with Crippen molar-refractivity contribution < 1.29 is 14.6 Å². The van der Waals surface area contributed by atoms with Gasteiger partial charge in [0.25, 0.3) is 5.91 Å². The summed E-state index contributed by atoms with van der Waals surface area (Å²) in [6.45, 7) is 0.610. The average Bonchev–Trinajstić information content (AvgIpc) is 3.26. The summed E-state index contributed by atoms with van der Waals surface area (Å²) in [6, 6.07) is 14.2. The highest BCUT2D eigenvalue weighted by Gasteiger charge is 2.17. The number of aliphatic hydroxyl groups excluding tert-OH is 1. The number of hydrogen-bond donors (Lipinski definition) is 2. The number of rotatable bonds is 8. The number of thiophene rings is 1. The lowest BCUT2D eigenvalue weighted by Gasteiger charge is -2.09. The van der Waals surface area contributed by atoms with Gasteiger partial charge in [0.1, 0.15) is 16.5 Å². The van der Waals surface area contributed by atoms with E-state index in [1.54, 1.807) is 60.4 Å². The van der Waals surface area contributed by atoms with Crippen LogP contribution in [0.5, 0.6) is 0 Å². The third-order valence-electron chi connectivity index (χ3n) is 5.06. The second-order valence-corrected chi connectivity index (χ2v) is 9.06. The van der Waals surface area contributed by atoms with Crippen LogP contribution in [0.2, 0.25) is 5.02 Å². The number of halogens is 1. The molecule has 0 aliphatic heterocycles. The van der Waals surface area contributed by atoms with Gasteiger partial charge in [0.15, 0.2) is 0 Å². The Bertz CT molecular complexity index is 1320. The fourth-order valence-corrected chi connectivity index (χ4v) is 4.51. The molecule has 0 radical (unpaired) electrons. The third-order valence-corrected chi connectivity index (χ3v) is 6.51. The first-order chi connectivity index (χ1) is 15.9. The first-order valence-electron chi connectivity index (χ1n) is 10.2. The summed E-state index contributed by atoms with van der Waals surface area (Å²) < 4.78 is 7.41. The number of nitrogens with one attached hydrogen (secondary N) is 1. The van der Waals surface area contributed by atoms with E-state index in [4.69, 9.17) is 16.3 Å². The van der Waals surface area contributed by atoms with Crippen LogP contribution < -0.4 is 10.7 Å². The number of nitrogens with zero attached hydrogens (tertiary/aromatic N) is 2. The molecular formula is C24H22ClN3O4S. The maximum atomic E-state index is 13.0. The van der Waals surface area contributed by atoms with E-state index in [0.717, 1.165) is 15.3 Å². The number of aromatic nitrogens is 2. The van der Waals surface area contributed by atoms with Crippen LogP contribution in [-0.4, -0.2) is 27.2 Å². The topological polar surface area (TPSA) is 93.5 Å². The fraction of sp³-hybridized carbons (Fsp3) is 0.208. The Morgan fingerprint density at radius 3 is 2.79 bits per heavy atom. The molecule has 0 aliphatic rings. The Morgan fingerprint density at radius 2 is 2.06 bits per heavy atom. The van der Waals surface area contributed by atoms with Crippen molar-refractivity contribution in [2.75, 3.05) is 6.61 Å². The highest BCUT2D eigenvalue weighted by Crippen LogP contribution is 2.24. The molecule has 2 N–H and O–H groups in total. The molecular weight excluding hydrogens is 462 g/mol. The molecule has 7 nitrogen and oxygen atoms in total. The first kappa shape index (κ1) is 23.1. The Morgan fingerprint density at radius 1 is 1.27 bits per heavy atom. The number of carbonyl (C=O) groups is 1. The van der Waals surface area contributed by atoms with Crippen LogP contribution in [0.15, 0.2) is 65.7 Å². The molecule has 4 aromatic rings. The molecule has 0 aliphatic carbocycles. The minimum atomic E-state index is -0.831. The molecule has 1 amide bonds. The largest absolute Gasteiger partial charge is 0.384 e. The quantitative estimate of drug-likeness (QED) is 0.397. The molecule has 33 heavy (non-hydrogen) atoms. The number of aryl methyl sites for hydroxylation is 1. The maximum absolute atomic E-state index is 13.0. The van der Waals surface area contributed by atoms with Gasteiger partial charge in [-0.1, -0.05) is 29.8 Å². The van der Waals surface area contributed by atoms with Crippen LogP contribution in [0.1, 0.15) is 32.6 Å². The number of ether oxygens (including phenoxy) is 1. The van der Waals surface area contributed by atoms with Gasteiger partial charge in [-0.05, 0) is 35.9 Å². The SMILES string of the molecule is Cn1cc(C(=O)NCc2ccc(Cl)cc2)c(=O)c2cc(COC[C@@H](O)c3ccccn3)sc21. The molecule has 170 valence electrons. The fourth-order valence-electron chi connectivity index (χ4n) is 3.35. The van der Waals surface area contributed by atoms with Gasteiger partial charge in [0, 0.05) is 35.9 Å². The second-order valence-electron chi connectivity index (χ2n) is 7.51. The number of aliphatic hydroxyl groups is 1.